The number of para-hydroxylation sites is 2. The molecule has 0 aliphatic carbocycles. The molecule has 1 saturated heterocycles. The Hall–Kier alpha value is -3.95. The van der Waals surface area contributed by atoms with Gasteiger partial charge >= 0.3 is 0 Å². The minimum atomic E-state index is -0.721. The molecule has 2 aromatic carbocycles. The molecule has 0 bridgehead atoms. The molecule has 36 heavy (non-hydrogen) atoms. The molecule has 10 heteroatoms. The van der Waals surface area contributed by atoms with Crippen molar-refractivity contribution in [2.75, 3.05) is 39.4 Å². The lowest BCUT2D eigenvalue weighted by atomic mass is 9.92. The van der Waals surface area contributed by atoms with Crippen LogP contribution in [0.5, 0.6) is 28.7 Å². The van der Waals surface area contributed by atoms with E-state index in [1.807, 2.05) is 12.1 Å². The van der Waals surface area contributed by atoms with Gasteiger partial charge in [0, 0.05) is 38.3 Å². The fraction of sp³-hybridized carbons (Fsp3) is 0.423. The van der Waals surface area contributed by atoms with Gasteiger partial charge in [-0.25, -0.2) is 0 Å². The number of Topliss-reactive ketones (excluding diaryl/α,β-unsaturated/α-hetero) is 1. The number of fused-ring (bicyclic) bond motifs is 2. The molecule has 3 aliphatic heterocycles. The van der Waals surface area contributed by atoms with Crippen LogP contribution in [0, 0.1) is 0 Å². The number of nitrogens with zero attached hydrogens (tertiary/aromatic N) is 2. The Balaban J connectivity index is 1.14. The van der Waals surface area contributed by atoms with Crippen LogP contribution >= 0.6 is 0 Å². The van der Waals surface area contributed by atoms with Crippen molar-refractivity contribution in [3.63, 3.8) is 0 Å². The van der Waals surface area contributed by atoms with Crippen molar-refractivity contribution in [1.29, 1.82) is 0 Å². The van der Waals surface area contributed by atoms with Gasteiger partial charge in [0.1, 0.15) is 35.0 Å². The first-order valence-electron chi connectivity index (χ1n) is 11.9. The SMILES string of the molecule is CC1(C)CC(=O)c2c(O)cc(OCC(=O)N3CCN(C(=O)[C@H]4COc5ccccc5O4)CC3)cc2O1. The van der Waals surface area contributed by atoms with E-state index in [2.05, 4.69) is 0 Å². The first-order chi connectivity index (χ1) is 17.2. The molecule has 0 radical (unpaired) electrons. The molecule has 3 aliphatic rings. The number of ether oxygens (including phenoxy) is 4. The normalized spacial score (nSPS) is 20.3. The first kappa shape index (κ1) is 23.8. The average molecular weight is 497 g/mol. The van der Waals surface area contributed by atoms with E-state index >= 15 is 0 Å². The molecule has 0 spiro atoms. The van der Waals surface area contributed by atoms with Crippen LogP contribution in [0.15, 0.2) is 36.4 Å². The van der Waals surface area contributed by atoms with Gasteiger partial charge in [-0.3, -0.25) is 14.4 Å². The fourth-order valence-electron chi connectivity index (χ4n) is 4.59. The van der Waals surface area contributed by atoms with Crippen molar-refractivity contribution < 1.29 is 38.4 Å². The first-order valence-corrected chi connectivity index (χ1v) is 11.9. The van der Waals surface area contributed by atoms with Crippen LogP contribution < -0.4 is 18.9 Å². The molecule has 3 heterocycles. The van der Waals surface area contributed by atoms with Crippen LogP contribution in [-0.4, -0.2) is 83.6 Å². The third-order valence-electron chi connectivity index (χ3n) is 6.40. The summed E-state index contributed by atoms with van der Waals surface area (Å²) in [5.41, 5.74) is -0.565. The summed E-state index contributed by atoms with van der Waals surface area (Å²) in [7, 11) is 0. The number of rotatable bonds is 4. The van der Waals surface area contributed by atoms with Gasteiger partial charge in [0.05, 0.1) is 6.42 Å². The van der Waals surface area contributed by atoms with Gasteiger partial charge in [-0.15, -0.1) is 0 Å². The van der Waals surface area contributed by atoms with Crippen molar-refractivity contribution in [3.05, 3.63) is 42.0 Å². The lowest BCUT2D eigenvalue weighted by molar-refractivity contribution is -0.146. The number of piperazine rings is 1. The van der Waals surface area contributed by atoms with Crippen LogP contribution in [0.1, 0.15) is 30.6 Å². The monoisotopic (exact) mass is 496 g/mol. The van der Waals surface area contributed by atoms with Gasteiger partial charge in [-0.05, 0) is 26.0 Å². The number of benzene rings is 2. The van der Waals surface area contributed by atoms with E-state index < -0.39 is 11.7 Å². The van der Waals surface area contributed by atoms with E-state index in [1.165, 1.54) is 12.1 Å². The van der Waals surface area contributed by atoms with Crippen LogP contribution in [-0.2, 0) is 9.59 Å². The molecule has 2 amide bonds. The van der Waals surface area contributed by atoms with Gasteiger partial charge in [0.2, 0.25) is 6.10 Å². The number of aromatic hydroxyl groups is 1. The topological polar surface area (TPSA) is 115 Å². The lowest BCUT2D eigenvalue weighted by Gasteiger charge is -2.37. The van der Waals surface area contributed by atoms with Crippen molar-refractivity contribution in [1.82, 2.24) is 9.80 Å². The molecule has 1 atom stereocenters. The predicted molar refractivity (Wildman–Crippen MR) is 127 cm³/mol. The molecule has 0 aromatic heterocycles. The van der Waals surface area contributed by atoms with Crippen molar-refractivity contribution in [2.24, 2.45) is 0 Å². The number of ketones is 1. The van der Waals surface area contributed by atoms with Gasteiger partial charge in [0.15, 0.2) is 23.9 Å². The highest BCUT2D eigenvalue weighted by molar-refractivity contribution is 6.03. The lowest BCUT2D eigenvalue weighted by Crippen LogP contribution is -2.55. The summed E-state index contributed by atoms with van der Waals surface area (Å²) in [5, 5.41) is 10.3. The second kappa shape index (κ2) is 9.25. The molecule has 0 saturated carbocycles. The van der Waals surface area contributed by atoms with E-state index in [0.29, 0.717) is 37.7 Å². The van der Waals surface area contributed by atoms with Crippen molar-refractivity contribution in [3.8, 4) is 28.7 Å². The number of hydrogen-bond acceptors (Lipinski definition) is 8. The summed E-state index contributed by atoms with van der Waals surface area (Å²) in [5.74, 6) is 0.765. The van der Waals surface area contributed by atoms with Crippen LogP contribution in [0.25, 0.3) is 0 Å². The minimum absolute atomic E-state index is 0.129. The van der Waals surface area contributed by atoms with Crippen molar-refractivity contribution >= 4 is 17.6 Å². The molecule has 5 rings (SSSR count). The molecule has 2 aromatic rings. The maximum atomic E-state index is 12.9. The van der Waals surface area contributed by atoms with E-state index in [0.717, 1.165) is 0 Å². The molecule has 190 valence electrons. The zero-order valence-corrected chi connectivity index (χ0v) is 20.2. The molecular formula is C26H28N2O8. The van der Waals surface area contributed by atoms with E-state index in [4.69, 9.17) is 18.9 Å². The second-order valence-corrected chi connectivity index (χ2v) is 9.64. The van der Waals surface area contributed by atoms with E-state index in [9.17, 15) is 19.5 Å². The van der Waals surface area contributed by atoms with Gasteiger partial charge in [0.25, 0.3) is 11.8 Å². The Morgan fingerprint density at radius 1 is 1.06 bits per heavy atom. The molecule has 1 N–H and O–H groups in total. The molecule has 1 fully saturated rings. The fourth-order valence-corrected chi connectivity index (χ4v) is 4.59. The number of carbonyl (C=O) groups is 3. The molecule has 10 nitrogen and oxygen atoms in total. The second-order valence-electron chi connectivity index (χ2n) is 9.64. The summed E-state index contributed by atoms with van der Waals surface area (Å²) >= 11 is 0. The van der Waals surface area contributed by atoms with E-state index in [-0.39, 0.29) is 60.0 Å². The van der Waals surface area contributed by atoms with Crippen molar-refractivity contribution in [2.45, 2.75) is 32.0 Å². The quantitative estimate of drug-likeness (QED) is 0.684. The van der Waals surface area contributed by atoms with Gasteiger partial charge in [-0.1, -0.05) is 12.1 Å². The smallest absolute Gasteiger partial charge is 0.267 e. The van der Waals surface area contributed by atoms with Crippen LogP contribution in [0.4, 0.5) is 0 Å². The number of phenols is 1. The summed E-state index contributed by atoms with van der Waals surface area (Å²) in [4.78, 5) is 41.3. The minimum Gasteiger partial charge on any atom is -0.507 e. The Morgan fingerprint density at radius 2 is 1.75 bits per heavy atom. The largest absolute Gasteiger partial charge is 0.507 e. The Bertz CT molecular complexity index is 1200. The highest BCUT2D eigenvalue weighted by Gasteiger charge is 2.36. The van der Waals surface area contributed by atoms with E-state index in [1.54, 1.807) is 35.8 Å². The Kier molecular flexibility index (Phi) is 6.11. The number of hydrogen-bond donors (Lipinski definition) is 1. The summed E-state index contributed by atoms with van der Waals surface area (Å²) in [6.07, 6.45) is -0.560. The van der Waals surface area contributed by atoms with Gasteiger partial charge in [-0.2, -0.15) is 0 Å². The third kappa shape index (κ3) is 4.75. The number of carbonyl (C=O) groups excluding carboxylic acids is 3. The van der Waals surface area contributed by atoms with Crippen LogP contribution in [0.2, 0.25) is 0 Å². The molecule has 0 unspecified atom stereocenters. The number of phenolic OH excluding ortho intramolecular Hbond substituents is 1. The zero-order valence-electron chi connectivity index (χ0n) is 20.2. The third-order valence-corrected chi connectivity index (χ3v) is 6.40. The maximum Gasteiger partial charge on any atom is 0.267 e. The average Bonchev–Trinajstić information content (AvgIpc) is 2.85. The maximum absolute atomic E-state index is 12.9. The summed E-state index contributed by atoms with van der Waals surface area (Å²) in [6.45, 7) is 4.94. The highest BCUT2D eigenvalue weighted by Crippen LogP contribution is 2.41. The molecular weight excluding hydrogens is 468 g/mol. The Morgan fingerprint density at radius 3 is 2.50 bits per heavy atom. The Labute approximate surface area is 208 Å². The number of amides is 2. The van der Waals surface area contributed by atoms with Crippen LogP contribution in [0.3, 0.4) is 0 Å². The highest BCUT2D eigenvalue weighted by atomic mass is 16.6. The summed E-state index contributed by atoms with van der Waals surface area (Å²) < 4.78 is 22.9. The van der Waals surface area contributed by atoms with Gasteiger partial charge < -0.3 is 33.9 Å². The summed E-state index contributed by atoms with van der Waals surface area (Å²) in [6, 6.07) is 10.0. The predicted octanol–water partition coefficient (Wildman–Crippen LogP) is 2.03. The zero-order chi connectivity index (χ0) is 25.4. The standard InChI is InChI=1S/C26H28N2O8/c1-26(2)13-18(30)24-17(29)11-16(12-21(24)36-26)33-15-23(31)27-7-9-28(10-8-27)25(32)22-14-34-19-5-3-4-6-20(19)35-22/h3-6,11-12,22,29H,7-10,13-15H2,1-2H3/t22-/m1/s1.